The largest absolute Gasteiger partial charge is 0.497 e. The lowest BCUT2D eigenvalue weighted by atomic mass is 9.77. The van der Waals surface area contributed by atoms with Crippen molar-refractivity contribution in [3.8, 4) is 5.75 Å². The van der Waals surface area contributed by atoms with Crippen LogP contribution < -0.4 is 9.64 Å². The topological polar surface area (TPSA) is 76.1 Å². The van der Waals surface area contributed by atoms with Gasteiger partial charge in [0.2, 0.25) is 5.91 Å². The minimum absolute atomic E-state index is 0.190. The van der Waals surface area contributed by atoms with Gasteiger partial charge in [0.25, 0.3) is 0 Å². The second kappa shape index (κ2) is 4.33. The molecule has 3 heterocycles. The lowest BCUT2D eigenvalue weighted by Gasteiger charge is -2.21. The van der Waals surface area contributed by atoms with Crippen LogP contribution in [0.5, 0.6) is 5.75 Å². The van der Waals surface area contributed by atoms with Gasteiger partial charge in [-0.3, -0.25) is 9.59 Å². The van der Waals surface area contributed by atoms with Gasteiger partial charge in [0.05, 0.1) is 25.7 Å². The van der Waals surface area contributed by atoms with E-state index < -0.39 is 29.5 Å². The van der Waals surface area contributed by atoms with Crippen LogP contribution in [0.3, 0.4) is 0 Å². The van der Waals surface area contributed by atoms with Gasteiger partial charge in [-0.1, -0.05) is 12.2 Å². The summed E-state index contributed by atoms with van der Waals surface area (Å²) < 4.78 is 11.0. The van der Waals surface area contributed by atoms with Crippen LogP contribution in [0, 0.1) is 11.8 Å². The third-order valence-corrected chi connectivity index (χ3v) is 4.77. The first-order valence-corrected chi connectivity index (χ1v) is 7.11. The van der Waals surface area contributed by atoms with E-state index in [-0.39, 0.29) is 5.91 Å². The number of nitrogens with zero attached hydrogens (tertiary/aromatic N) is 1. The molecule has 3 aliphatic rings. The number of hydrogen-bond donors (Lipinski definition) is 1. The summed E-state index contributed by atoms with van der Waals surface area (Å²) in [6, 6.07) is 7.13. The average Bonchev–Trinajstić information content (AvgIpc) is 3.15. The first-order chi connectivity index (χ1) is 10.6. The lowest BCUT2D eigenvalue weighted by Crippen LogP contribution is -2.39. The summed E-state index contributed by atoms with van der Waals surface area (Å²) in [4.78, 5) is 25.9. The SMILES string of the molecule is COc1ccc(N2C[C@]34C=C[C@@H](O3)[C@@H](C(=O)O)[C@H]4C2=O)cc1. The quantitative estimate of drug-likeness (QED) is 0.845. The molecule has 4 rings (SSSR count). The van der Waals surface area contributed by atoms with Crippen molar-refractivity contribution in [2.24, 2.45) is 11.8 Å². The fraction of sp³-hybridized carbons (Fsp3) is 0.375. The Kier molecular flexibility index (Phi) is 2.62. The molecule has 3 aliphatic heterocycles. The number of carboxylic acid groups (broad SMARTS) is 1. The van der Waals surface area contributed by atoms with E-state index in [9.17, 15) is 14.7 Å². The number of carbonyl (C=O) groups is 2. The zero-order valence-corrected chi connectivity index (χ0v) is 11.9. The molecule has 1 aromatic rings. The summed E-state index contributed by atoms with van der Waals surface area (Å²) in [7, 11) is 1.58. The number of hydrogen-bond acceptors (Lipinski definition) is 4. The molecule has 6 heteroatoms. The normalized spacial score (nSPS) is 35.0. The van der Waals surface area contributed by atoms with Gasteiger partial charge in [-0.15, -0.1) is 0 Å². The van der Waals surface area contributed by atoms with E-state index in [1.165, 1.54) is 0 Å². The molecule has 1 amide bonds. The standard InChI is InChI=1S/C16H15NO5/c1-21-10-4-2-9(3-5-10)17-8-16-7-6-11(22-16)12(15(19)20)13(16)14(17)18/h2-7,11-13H,8H2,1H3,(H,19,20)/t11-,12-,13+,16+/m1/s1. The maximum Gasteiger partial charge on any atom is 0.310 e. The maximum atomic E-state index is 12.8. The Balaban J connectivity index is 1.70. The van der Waals surface area contributed by atoms with Crippen LogP contribution in [0.2, 0.25) is 0 Å². The molecule has 1 spiro atoms. The van der Waals surface area contributed by atoms with Crippen LogP contribution in [0.25, 0.3) is 0 Å². The number of amides is 1. The van der Waals surface area contributed by atoms with Crippen LogP contribution >= 0.6 is 0 Å². The van der Waals surface area contributed by atoms with Crippen molar-refractivity contribution in [2.75, 3.05) is 18.6 Å². The van der Waals surface area contributed by atoms with Crippen LogP contribution in [-0.2, 0) is 14.3 Å². The molecule has 2 bridgehead atoms. The Labute approximate surface area is 126 Å². The lowest BCUT2D eigenvalue weighted by molar-refractivity contribution is -0.146. The van der Waals surface area contributed by atoms with E-state index in [1.807, 2.05) is 6.08 Å². The smallest absolute Gasteiger partial charge is 0.310 e. The van der Waals surface area contributed by atoms with Crippen molar-refractivity contribution in [1.82, 2.24) is 0 Å². The number of anilines is 1. The molecule has 2 saturated heterocycles. The average molecular weight is 301 g/mol. The van der Waals surface area contributed by atoms with E-state index in [2.05, 4.69) is 0 Å². The fourth-order valence-electron chi connectivity index (χ4n) is 3.76. The van der Waals surface area contributed by atoms with Crippen molar-refractivity contribution in [3.63, 3.8) is 0 Å². The van der Waals surface area contributed by atoms with Crippen LogP contribution in [0.15, 0.2) is 36.4 Å². The predicted octanol–water partition coefficient (Wildman–Crippen LogP) is 1.07. The van der Waals surface area contributed by atoms with Gasteiger partial charge in [0.1, 0.15) is 17.3 Å². The second-order valence-electron chi connectivity index (χ2n) is 5.86. The van der Waals surface area contributed by atoms with Gasteiger partial charge < -0.3 is 19.5 Å². The predicted molar refractivity (Wildman–Crippen MR) is 76.7 cm³/mol. The molecule has 22 heavy (non-hydrogen) atoms. The number of fused-ring (bicyclic) bond motifs is 1. The Bertz CT molecular complexity index is 682. The summed E-state index contributed by atoms with van der Waals surface area (Å²) >= 11 is 0. The van der Waals surface area contributed by atoms with E-state index in [0.717, 1.165) is 5.69 Å². The molecule has 2 fully saturated rings. The number of methoxy groups -OCH3 is 1. The molecule has 0 unspecified atom stereocenters. The molecule has 0 aliphatic carbocycles. The summed E-state index contributed by atoms with van der Waals surface area (Å²) in [6.07, 6.45) is 3.12. The zero-order chi connectivity index (χ0) is 15.5. The zero-order valence-electron chi connectivity index (χ0n) is 11.9. The van der Waals surface area contributed by atoms with Crippen molar-refractivity contribution in [1.29, 1.82) is 0 Å². The number of benzene rings is 1. The molecule has 1 N–H and O–H groups in total. The summed E-state index contributed by atoms with van der Waals surface area (Å²) in [5.74, 6) is -1.92. The third kappa shape index (κ3) is 1.58. The fourth-order valence-corrected chi connectivity index (χ4v) is 3.76. The number of ether oxygens (including phenoxy) is 2. The highest BCUT2D eigenvalue weighted by molar-refractivity contribution is 6.02. The maximum absolute atomic E-state index is 12.8. The van der Waals surface area contributed by atoms with Crippen molar-refractivity contribution >= 4 is 17.6 Å². The first kappa shape index (κ1) is 13.3. The summed E-state index contributed by atoms with van der Waals surface area (Å²) in [6.45, 7) is 0.347. The Morgan fingerprint density at radius 2 is 2.14 bits per heavy atom. The molecule has 0 aromatic heterocycles. The minimum Gasteiger partial charge on any atom is -0.497 e. The van der Waals surface area contributed by atoms with E-state index in [1.54, 1.807) is 42.4 Å². The molecule has 0 saturated carbocycles. The number of aliphatic carboxylic acids is 1. The first-order valence-electron chi connectivity index (χ1n) is 7.11. The van der Waals surface area contributed by atoms with Gasteiger partial charge in [-0.05, 0) is 24.3 Å². The van der Waals surface area contributed by atoms with E-state index >= 15 is 0 Å². The number of carbonyl (C=O) groups excluding carboxylic acids is 1. The van der Waals surface area contributed by atoms with Crippen molar-refractivity contribution < 1.29 is 24.2 Å². The molecule has 1 aromatic carbocycles. The van der Waals surface area contributed by atoms with Gasteiger partial charge in [-0.25, -0.2) is 0 Å². The van der Waals surface area contributed by atoms with Crippen molar-refractivity contribution in [2.45, 2.75) is 11.7 Å². The summed E-state index contributed by atoms with van der Waals surface area (Å²) in [5, 5.41) is 9.42. The highest BCUT2D eigenvalue weighted by Crippen LogP contribution is 2.52. The molecule has 6 nitrogen and oxygen atoms in total. The van der Waals surface area contributed by atoms with Gasteiger partial charge in [0.15, 0.2) is 0 Å². The van der Waals surface area contributed by atoms with Crippen molar-refractivity contribution in [3.05, 3.63) is 36.4 Å². The second-order valence-corrected chi connectivity index (χ2v) is 5.86. The Morgan fingerprint density at radius 1 is 1.41 bits per heavy atom. The monoisotopic (exact) mass is 301 g/mol. The molecule has 4 atom stereocenters. The van der Waals surface area contributed by atoms with Crippen LogP contribution in [0.4, 0.5) is 5.69 Å². The molecular formula is C16H15NO5. The highest BCUT2D eigenvalue weighted by atomic mass is 16.5. The van der Waals surface area contributed by atoms with Crippen LogP contribution in [-0.4, -0.2) is 42.3 Å². The van der Waals surface area contributed by atoms with E-state index in [4.69, 9.17) is 9.47 Å². The Morgan fingerprint density at radius 3 is 2.77 bits per heavy atom. The van der Waals surface area contributed by atoms with Gasteiger partial charge in [-0.2, -0.15) is 0 Å². The Hall–Kier alpha value is -2.34. The third-order valence-electron chi connectivity index (χ3n) is 4.77. The minimum atomic E-state index is -0.980. The highest BCUT2D eigenvalue weighted by Gasteiger charge is 2.67. The number of carboxylic acids is 1. The number of rotatable bonds is 3. The molecule has 114 valence electrons. The van der Waals surface area contributed by atoms with E-state index in [0.29, 0.717) is 12.3 Å². The molecular weight excluding hydrogens is 286 g/mol. The van der Waals surface area contributed by atoms with Gasteiger partial charge >= 0.3 is 5.97 Å². The van der Waals surface area contributed by atoms with Crippen LogP contribution in [0.1, 0.15) is 0 Å². The summed E-state index contributed by atoms with van der Waals surface area (Å²) in [5.41, 5.74) is -0.0794. The van der Waals surface area contributed by atoms with Gasteiger partial charge in [0, 0.05) is 5.69 Å². The molecule has 0 radical (unpaired) electrons.